The van der Waals surface area contributed by atoms with Gasteiger partial charge < -0.3 is 5.32 Å². The molecule has 4 heteroatoms. The van der Waals surface area contributed by atoms with E-state index in [2.05, 4.69) is 49.5 Å². The van der Waals surface area contributed by atoms with Crippen LogP contribution >= 0.6 is 11.6 Å². The molecule has 2 rings (SSSR count). The van der Waals surface area contributed by atoms with E-state index in [-0.39, 0.29) is 0 Å². The van der Waals surface area contributed by atoms with Crippen LogP contribution in [-0.4, -0.2) is 22.4 Å². The topological polar surface area (TPSA) is 29.9 Å². The molecule has 1 atom stereocenters. The number of halogens is 1. The van der Waals surface area contributed by atoms with E-state index >= 15 is 0 Å². The van der Waals surface area contributed by atoms with E-state index in [1.165, 1.54) is 11.1 Å². The molecular formula is C17H24ClN3. The van der Waals surface area contributed by atoms with Gasteiger partial charge in [0.15, 0.2) is 0 Å². The highest BCUT2D eigenvalue weighted by atomic mass is 35.5. The summed E-state index contributed by atoms with van der Waals surface area (Å²) >= 11 is 6.38. The number of hydrogen-bond acceptors (Lipinski definition) is 2. The maximum Gasteiger partial charge on any atom is 0.0521 e. The molecule has 114 valence electrons. The third kappa shape index (κ3) is 4.58. The zero-order chi connectivity index (χ0) is 15.2. The smallest absolute Gasteiger partial charge is 0.0521 e. The highest BCUT2D eigenvalue weighted by Crippen LogP contribution is 2.27. The Kier molecular flexibility index (Phi) is 5.83. The van der Waals surface area contributed by atoms with Gasteiger partial charge in [0.1, 0.15) is 0 Å². The highest BCUT2D eigenvalue weighted by molar-refractivity contribution is 6.31. The Morgan fingerprint density at radius 3 is 2.67 bits per heavy atom. The van der Waals surface area contributed by atoms with Crippen molar-refractivity contribution in [1.29, 1.82) is 0 Å². The minimum absolute atomic E-state index is 0.357. The lowest BCUT2D eigenvalue weighted by molar-refractivity contribution is 0.526. The summed E-state index contributed by atoms with van der Waals surface area (Å²) < 4.78 is 1.97. The van der Waals surface area contributed by atoms with Crippen molar-refractivity contribution in [1.82, 2.24) is 15.1 Å². The molecule has 0 bridgehead atoms. The number of nitrogens with one attached hydrogen (secondary N) is 1. The first-order chi connectivity index (χ1) is 10.1. The van der Waals surface area contributed by atoms with Crippen LogP contribution in [0.25, 0.3) is 0 Å². The fraction of sp³-hybridized carbons (Fsp3) is 0.471. The summed E-state index contributed by atoms with van der Waals surface area (Å²) in [5.41, 5.74) is 2.46. The summed E-state index contributed by atoms with van der Waals surface area (Å²) in [5, 5.41) is 8.73. The molecule has 0 radical (unpaired) electrons. The van der Waals surface area contributed by atoms with E-state index in [0.717, 1.165) is 24.5 Å². The standard InChI is InChI=1S/C17H24ClN3/c1-4-21-12-14(10-20-21)9-15(11-19-13(2)3)16-7-5-6-8-17(16)18/h5-8,10,12-13,15,19H,4,9,11H2,1-3H3. The molecule has 1 aromatic carbocycles. The van der Waals surface area contributed by atoms with Crippen LogP contribution in [0.4, 0.5) is 0 Å². The molecule has 1 heterocycles. The van der Waals surface area contributed by atoms with Gasteiger partial charge in [-0.1, -0.05) is 43.6 Å². The number of nitrogens with zero attached hydrogens (tertiary/aromatic N) is 2. The second-order valence-electron chi connectivity index (χ2n) is 5.69. The Bertz CT molecular complexity index is 563. The number of benzene rings is 1. The summed E-state index contributed by atoms with van der Waals surface area (Å²) in [7, 11) is 0. The van der Waals surface area contributed by atoms with Gasteiger partial charge in [-0.15, -0.1) is 0 Å². The zero-order valence-electron chi connectivity index (χ0n) is 13.0. The third-order valence-corrected chi connectivity index (χ3v) is 3.95. The lowest BCUT2D eigenvalue weighted by Crippen LogP contribution is -2.29. The van der Waals surface area contributed by atoms with Gasteiger partial charge in [-0.05, 0) is 30.5 Å². The quantitative estimate of drug-likeness (QED) is 0.841. The van der Waals surface area contributed by atoms with Crippen molar-refractivity contribution in [3.8, 4) is 0 Å². The van der Waals surface area contributed by atoms with Crippen molar-refractivity contribution in [2.45, 2.75) is 45.7 Å². The molecule has 0 amide bonds. The van der Waals surface area contributed by atoms with Crippen LogP contribution in [-0.2, 0) is 13.0 Å². The molecule has 0 fully saturated rings. The normalized spacial score (nSPS) is 12.8. The van der Waals surface area contributed by atoms with Crippen LogP contribution in [0, 0.1) is 0 Å². The molecule has 0 spiro atoms. The predicted molar refractivity (Wildman–Crippen MR) is 88.9 cm³/mol. The number of aromatic nitrogens is 2. The fourth-order valence-electron chi connectivity index (χ4n) is 2.45. The second-order valence-corrected chi connectivity index (χ2v) is 6.10. The average Bonchev–Trinajstić information content (AvgIpc) is 2.92. The monoisotopic (exact) mass is 305 g/mol. The predicted octanol–water partition coefficient (Wildman–Crippen LogP) is 3.88. The first-order valence-electron chi connectivity index (χ1n) is 7.59. The molecule has 1 aromatic heterocycles. The summed E-state index contributed by atoms with van der Waals surface area (Å²) in [6, 6.07) is 8.59. The van der Waals surface area contributed by atoms with Gasteiger partial charge >= 0.3 is 0 Å². The Hall–Kier alpha value is -1.32. The van der Waals surface area contributed by atoms with E-state index < -0.39 is 0 Å². The minimum atomic E-state index is 0.357. The van der Waals surface area contributed by atoms with E-state index in [9.17, 15) is 0 Å². The molecule has 3 nitrogen and oxygen atoms in total. The lowest BCUT2D eigenvalue weighted by atomic mass is 9.93. The first-order valence-corrected chi connectivity index (χ1v) is 7.97. The zero-order valence-corrected chi connectivity index (χ0v) is 13.8. The largest absolute Gasteiger partial charge is 0.314 e. The lowest BCUT2D eigenvalue weighted by Gasteiger charge is -2.20. The van der Waals surface area contributed by atoms with Crippen LogP contribution in [0.15, 0.2) is 36.7 Å². The van der Waals surface area contributed by atoms with Crippen molar-refractivity contribution in [3.63, 3.8) is 0 Å². The van der Waals surface area contributed by atoms with Gasteiger partial charge in [0.2, 0.25) is 0 Å². The van der Waals surface area contributed by atoms with Crippen LogP contribution in [0.5, 0.6) is 0 Å². The van der Waals surface area contributed by atoms with Gasteiger partial charge in [0.05, 0.1) is 6.20 Å². The van der Waals surface area contributed by atoms with Gasteiger partial charge in [-0.25, -0.2) is 0 Å². The van der Waals surface area contributed by atoms with Crippen LogP contribution in [0.3, 0.4) is 0 Å². The number of rotatable bonds is 7. The third-order valence-electron chi connectivity index (χ3n) is 3.61. The number of aryl methyl sites for hydroxylation is 1. The Balaban J connectivity index is 2.17. The van der Waals surface area contributed by atoms with Gasteiger partial charge in [-0.2, -0.15) is 5.10 Å². The van der Waals surface area contributed by atoms with Gasteiger partial charge in [0.25, 0.3) is 0 Å². The van der Waals surface area contributed by atoms with Crippen molar-refractivity contribution in [2.24, 2.45) is 0 Å². The SMILES string of the molecule is CCn1cc(CC(CNC(C)C)c2ccccc2Cl)cn1. The molecule has 0 aliphatic heterocycles. The molecule has 0 saturated carbocycles. The van der Waals surface area contributed by atoms with Crippen molar-refractivity contribution in [3.05, 3.63) is 52.8 Å². The van der Waals surface area contributed by atoms with E-state index in [1.807, 2.05) is 23.0 Å². The summed E-state index contributed by atoms with van der Waals surface area (Å²) in [6.45, 7) is 8.25. The van der Waals surface area contributed by atoms with Gasteiger partial charge in [0, 0.05) is 36.3 Å². The Labute approximate surface area is 132 Å². The Morgan fingerprint density at radius 1 is 1.29 bits per heavy atom. The van der Waals surface area contributed by atoms with Crippen molar-refractivity contribution in [2.75, 3.05) is 6.54 Å². The minimum Gasteiger partial charge on any atom is -0.314 e. The van der Waals surface area contributed by atoms with Gasteiger partial charge in [-0.3, -0.25) is 4.68 Å². The van der Waals surface area contributed by atoms with Crippen LogP contribution in [0.1, 0.15) is 37.8 Å². The maximum atomic E-state index is 6.38. The molecule has 1 N–H and O–H groups in total. The summed E-state index contributed by atoms with van der Waals surface area (Å²) in [6.07, 6.45) is 5.03. The fourth-order valence-corrected chi connectivity index (χ4v) is 2.74. The molecule has 0 saturated heterocycles. The molecule has 0 aliphatic carbocycles. The maximum absolute atomic E-state index is 6.38. The van der Waals surface area contributed by atoms with Crippen molar-refractivity contribution < 1.29 is 0 Å². The average molecular weight is 306 g/mol. The van der Waals surface area contributed by atoms with Crippen LogP contribution in [0.2, 0.25) is 5.02 Å². The van der Waals surface area contributed by atoms with Crippen molar-refractivity contribution >= 4 is 11.6 Å². The number of hydrogen-bond donors (Lipinski definition) is 1. The van der Waals surface area contributed by atoms with E-state index in [1.54, 1.807) is 0 Å². The Morgan fingerprint density at radius 2 is 2.05 bits per heavy atom. The summed E-state index contributed by atoms with van der Waals surface area (Å²) in [4.78, 5) is 0. The first kappa shape index (κ1) is 16.1. The van der Waals surface area contributed by atoms with E-state index in [0.29, 0.717) is 12.0 Å². The molecule has 1 unspecified atom stereocenters. The molecular weight excluding hydrogens is 282 g/mol. The van der Waals surface area contributed by atoms with Crippen LogP contribution < -0.4 is 5.32 Å². The highest BCUT2D eigenvalue weighted by Gasteiger charge is 2.16. The summed E-state index contributed by atoms with van der Waals surface area (Å²) in [5.74, 6) is 0.357. The van der Waals surface area contributed by atoms with E-state index in [4.69, 9.17) is 11.6 Å². The molecule has 0 aliphatic rings. The molecule has 2 aromatic rings. The second kappa shape index (κ2) is 7.62. The molecule has 21 heavy (non-hydrogen) atoms.